The van der Waals surface area contributed by atoms with E-state index in [1.807, 2.05) is 25.1 Å². The molecule has 1 aromatic heterocycles. The highest BCUT2D eigenvalue weighted by Gasteiger charge is 2.11. The van der Waals surface area contributed by atoms with E-state index in [4.69, 9.17) is 0 Å². The summed E-state index contributed by atoms with van der Waals surface area (Å²) in [4.78, 5) is 3.34. The maximum atomic E-state index is 9.35. The van der Waals surface area contributed by atoms with Gasteiger partial charge in [-0.05, 0) is 25.8 Å². The van der Waals surface area contributed by atoms with Gasteiger partial charge in [0.1, 0.15) is 0 Å². The molecule has 0 saturated heterocycles. The van der Waals surface area contributed by atoms with Gasteiger partial charge in [0.25, 0.3) is 0 Å². The number of hydroxylamine groups is 1. The molecule has 3 N–H and O–H groups in total. The lowest BCUT2D eigenvalue weighted by atomic mass is 10.1. The van der Waals surface area contributed by atoms with Gasteiger partial charge < -0.3 is 4.98 Å². The number of hydrogen-bond acceptors (Lipinski definition) is 2. The summed E-state index contributed by atoms with van der Waals surface area (Å²) in [7, 11) is 0. The predicted molar refractivity (Wildman–Crippen MR) is 75.5 cm³/mol. The third-order valence-corrected chi connectivity index (χ3v) is 3.19. The molecule has 2 rings (SSSR count). The summed E-state index contributed by atoms with van der Waals surface area (Å²) < 4.78 is 0. The van der Waals surface area contributed by atoms with Crippen LogP contribution < -0.4 is 5.48 Å². The smallest absolute Gasteiger partial charge is 0.0658 e. The summed E-state index contributed by atoms with van der Waals surface area (Å²) >= 11 is 0. The molecule has 0 amide bonds. The molecule has 1 aromatic carbocycles. The Morgan fingerprint density at radius 2 is 2.17 bits per heavy atom. The van der Waals surface area contributed by atoms with Crippen LogP contribution >= 0.6 is 0 Å². The van der Waals surface area contributed by atoms with E-state index in [-0.39, 0.29) is 0 Å². The molecule has 0 saturated carbocycles. The SMILES string of the molecule is CCCC/C=C(/NO)c1c(C)[nH]c2ccccc12. The fourth-order valence-electron chi connectivity index (χ4n) is 2.28. The monoisotopic (exact) mass is 244 g/mol. The van der Waals surface area contributed by atoms with E-state index < -0.39 is 0 Å². The van der Waals surface area contributed by atoms with Crippen molar-refractivity contribution < 1.29 is 5.21 Å². The molecule has 0 radical (unpaired) electrons. The number of benzene rings is 1. The van der Waals surface area contributed by atoms with Gasteiger partial charge in [0, 0.05) is 22.2 Å². The zero-order valence-electron chi connectivity index (χ0n) is 11.0. The standard InChI is InChI=1S/C15H20N2O/c1-3-4-5-10-14(17-18)15-11(2)16-13-9-7-6-8-12(13)15/h6-10,16-18H,3-5H2,1-2H3/b14-10+. The van der Waals surface area contributed by atoms with Crippen LogP contribution in [0.2, 0.25) is 0 Å². The second-order valence-electron chi connectivity index (χ2n) is 4.54. The van der Waals surface area contributed by atoms with Crippen LogP contribution in [-0.4, -0.2) is 10.2 Å². The third kappa shape index (κ3) is 2.41. The quantitative estimate of drug-likeness (QED) is 0.550. The molecule has 0 aliphatic carbocycles. The first kappa shape index (κ1) is 12.7. The number of rotatable bonds is 5. The molecule has 0 aliphatic heterocycles. The van der Waals surface area contributed by atoms with E-state index in [9.17, 15) is 5.21 Å². The molecule has 1 heterocycles. The van der Waals surface area contributed by atoms with E-state index in [1.165, 1.54) is 0 Å². The van der Waals surface area contributed by atoms with Crippen LogP contribution in [0.15, 0.2) is 30.3 Å². The first-order valence-corrected chi connectivity index (χ1v) is 6.45. The summed E-state index contributed by atoms with van der Waals surface area (Å²) in [5.41, 5.74) is 6.36. The number of aromatic amines is 1. The van der Waals surface area contributed by atoms with E-state index in [0.29, 0.717) is 0 Å². The van der Waals surface area contributed by atoms with Crippen LogP contribution in [0.3, 0.4) is 0 Å². The lowest BCUT2D eigenvalue weighted by Gasteiger charge is -2.06. The molecular weight excluding hydrogens is 224 g/mol. The van der Waals surface area contributed by atoms with Crippen molar-refractivity contribution in [3.05, 3.63) is 41.6 Å². The Kier molecular flexibility index (Phi) is 4.05. The molecule has 0 bridgehead atoms. The number of fused-ring (bicyclic) bond motifs is 1. The van der Waals surface area contributed by atoms with Crippen molar-refractivity contribution in [2.45, 2.75) is 33.1 Å². The Morgan fingerprint density at radius 3 is 2.89 bits per heavy atom. The maximum absolute atomic E-state index is 9.35. The van der Waals surface area contributed by atoms with Crippen LogP contribution in [-0.2, 0) is 0 Å². The normalized spacial score (nSPS) is 12.1. The van der Waals surface area contributed by atoms with Gasteiger partial charge in [0.05, 0.1) is 5.70 Å². The van der Waals surface area contributed by atoms with E-state index in [1.54, 1.807) is 0 Å². The van der Waals surface area contributed by atoms with Gasteiger partial charge in [0.15, 0.2) is 0 Å². The Bertz CT molecular complexity index is 555. The van der Waals surface area contributed by atoms with Gasteiger partial charge in [-0.3, -0.25) is 10.7 Å². The summed E-state index contributed by atoms with van der Waals surface area (Å²) in [6.45, 7) is 4.19. The molecule has 3 nitrogen and oxygen atoms in total. The van der Waals surface area contributed by atoms with E-state index in [2.05, 4.69) is 29.5 Å². The van der Waals surface area contributed by atoms with Crippen molar-refractivity contribution in [3.8, 4) is 0 Å². The number of unbranched alkanes of at least 4 members (excludes halogenated alkanes) is 2. The number of aromatic nitrogens is 1. The fraction of sp³-hybridized carbons (Fsp3) is 0.333. The Balaban J connectivity index is 2.44. The molecule has 0 unspecified atom stereocenters. The highest BCUT2D eigenvalue weighted by molar-refractivity contribution is 5.93. The van der Waals surface area contributed by atoms with Gasteiger partial charge in [-0.1, -0.05) is 37.6 Å². The van der Waals surface area contributed by atoms with Gasteiger partial charge in [-0.25, -0.2) is 0 Å². The van der Waals surface area contributed by atoms with Gasteiger partial charge in [0.2, 0.25) is 0 Å². The number of aryl methyl sites for hydroxylation is 1. The van der Waals surface area contributed by atoms with Crippen LogP contribution in [0, 0.1) is 6.92 Å². The number of nitrogens with one attached hydrogen (secondary N) is 2. The van der Waals surface area contributed by atoms with Crippen LogP contribution in [0.25, 0.3) is 16.6 Å². The predicted octanol–water partition coefficient (Wildman–Crippen LogP) is 3.99. The lowest BCUT2D eigenvalue weighted by Crippen LogP contribution is -2.06. The molecule has 0 aliphatic rings. The van der Waals surface area contributed by atoms with Crippen molar-refractivity contribution in [2.24, 2.45) is 0 Å². The van der Waals surface area contributed by atoms with Crippen molar-refractivity contribution in [2.75, 3.05) is 0 Å². The largest absolute Gasteiger partial charge is 0.358 e. The Hall–Kier alpha value is -1.74. The number of allylic oxidation sites excluding steroid dienone is 1. The third-order valence-electron chi connectivity index (χ3n) is 3.19. The lowest BCUT2D eigenvalue weighted by molar-refractivity contribution is 0.224. The zero-order valence-corrected chi connectivity index (χ0v) is 11.0. The second-order valence-corrected chi connectivity index (χ2v) is 4.54. The van der Waals surface area contributed by atoms with Crippen LogP contribution in [0.5, 0.6) is 0 Å². The maximum Gasteiger partial charge on any atom is 0.0658 e. The summed E-state index contributed by atoms with van der Waals surface area (Å²) in [6, 6.07) is 8.14. The molecular formula is C15H20N2O. The topological polar surface area (TPSA) is 48.0 Å². The van der Waals surface area contributed by atoms with Gasteiger partial charge in [-0.15, -0.1) is 0 Å². The molecule has 3 heteroatoms. The van der Waals surface area contributed by atoms with Crippen molar-refractivity contribution >= 4 is 16.6 Å². The molecule has 0 atom stereocenters. The van der Waals surface area contributed by atoms with Crippen LogP contribution in [0.1, 0.15) is 37.4 Å². The van der Waals surface area contributed by atoms with Crippen molar-refractivity contribution in [3.63, 3.8) is 0 Å². The van der Waals surface area contributed by atoms with E-state index in [0.717, 1.165) is 47.1 Å². The average Bonchev–Trinajstić information content (AvgIpc) is 2.71. The summed E-state index contributed by atoms with van der Waals surface area (Å²) in [5, 5.41) is 10.5. The first-order chi connectivity index (χ1) is 8.77. The van der Waals surface area contributed by atoms with Gasteiger partial charge >= 0.3 is 0 Å². The first-order valence-electron chi connectivity index (χ1n) is 6.45. The van der Waals surface area contributed by atoms with Crippen molar-refractivity contribution in [1.82, 2.24) is 10.5 Å². The molecule has 0 fully saturated rings. The molecule has 2 aromatic rings. The molecule has 96 valence electrons. The average molecular weight is 244 g/mol. The number of hydrogen-bond donors (Lipinski definition) is 3. The van der Waals surface area contributed by atoms with Crippen LogP contribution in [0.4, 0.5) is 0 Å². The summed E-state index contributed by atoms with van der Waals surface area (Å²) in [5.74, 6) is 0. The Morgan fingerprint density at radius 1 is 1.39 bits per heavy atom. The minimum Gasteiger partial charge on any atom is -0.358 e. The minimum atomic E-state index is 0.790. The highest BCUT2D eigenvalue weighted by Crippen LogP contribution is 2.27. The summed E-state index contributed by atoms with van der Waals surface area (Å²) in [6.07, 6.45) is 5.32. The number of H-pyrrole nitrogens is 1. The van der Waals surface area contributed by atoms with E-state index >= 15 is 0 Å². The molecule has 18 heavy (non-hydrogen) atoms. The highest BCUT2D eigenvalue weighted by atomic mass is 16.5. The van der Waals surface area contributed by atoms with Gasteiger partial charge in [-0.2, -0.15) is 0 Å². The zero-order chi connectivity index (χ0) is 13.0. The molecule has 0 spiro atoms. The number of para-hydroxylation sites is 1. The minimum absolute atomic E-state index is 0.790. The Labute approximate surface area is 107 Å². The fourth-order valence-corrected chi connectivity index (χ4v) is 2.28. The second kappa shape index (κ2) is 5.74. The van der Waals surface area contributed by atoms with Crippen molar-refractivity contribution in [1.29, 1.82) is 0 Å².